The van der Waals surface area contributed by atoms with Gasteiger partial charge >= 0.3 is 112 Å². The molecule has 0 rings (SSSR count). The van der Waals surface area contributed by atoms with Crippen LogP contribution in [0.15, 0.2) is 0 Å². The van der Waals surface area contributed by atoms with Crippen LogP contribution in [0.4, 0.5) is 0 Å². The fourth-order valence-corrected chi connectivity index (χ4v) is 5.49. The topological polar surface area (TPSA) is 23.8 Å². The summed E-state index contributed by atoms with van der Waals surface area (Å²) in [6, 6.07) is 0. The van der Waals surface area contributed by atoms with Crippen LogP contribution in [-0.4, -0.2) is 21.1 Å². The fraction of sp³-hybridized carbons (Fsp3) is 0.929. The summed E-state index contributed by atoms with van der Waals surface area (Å²) in [6.07, 6.45) is 11.8. The molecular formula is C14H27NSn. The van der Waals surface area contributed by atoms with Gasteiger partial charge in [0.25, 0.3) is 0 Å². The number of hydrogen-bond donors (Lipinski definition) is 0. The van der Waals surface area contributed by atoms with Crippen molar-refractivity contribution in [3.05, 3.63) is 0 Å². The van der Waals surface area contributed by atoms with Gasteiger partial charge in [-0.3, -0.25) is 0 Å². The van der Waals surface area contributed by atoms with Gasteiger partial charge in [-0.1, -0.05) is 0 Å². The van der Waals surface area contributed by atoms with Crippen LogP contribution < -0.4 is 0 Å². The summed E-state index contributed by atoms with van der Waals surface area (Å²) in [4.78, 5) is 0. The third-order valence-corrected chi connectivity index (χ3v) is 7.32. The maximum absolute atomic E-state index is 9.13. The second-order valence-electron chi connectivity index (χ2n) is 4.83. The van der Waals surface area contributed by atoms with Gasteiger partial charge in [-0.2, -0.15) is 0 Å². The minimum atomic E-state index is -0.817. The molecule has 0 heterocycles. The Kier molecular flexibility index (Phi) is 10.6. The molecule has 0 amide bonds. The van der Waals surface area contributed by atoms with E-state index in [9.17, 15) is 0 Å². The van der Waals surface area contributed by atoms with Gasteiger partial charge in [-0.25, -0.2) is 0 Å². The quantitative estimate of drug-likeness (QED) is 0.523. The zero-order valence-electron chi connectivity index (χ0n) is 11.3. The van der Waals surface area contributed by atoms with Crippen molar-refractivity contribution in [1.82, 2.24) is 0 Å². The Bertz CT molecular complexity index is 174. The van der Waals surface area contributed by atoms with Crippen molar-refractivity contribution in [2.24, 2.45) is 0 Å². The van der Waals surface area contributed by atoms with Gasteiger partial charge in [0.2, 0.25) is 0 Å². The molecule has 0 saturated heterocycles. The Balaban J connectivity index is 4.39. The molecule has 0 aromatic carbocycles. The molecule has 0 aliphatic carbocycles. The minimum absolute atomic E-state index is 0.514. The molecule has 0 aromatic heterocycles. The summed E-state index contributed by atoms with van der Waals surface area (Å²) in [6.45, 7) is 6.80. The van der Waals surface area contributed by atoms with Crippen molar-refractivity contribution >= 4 is 21.1 Å². The normalized spacial score (nSPS) is 11.4. The Hall–Kier alpha value is 0.289. The maximum atomic E-state index is 9.13. The van der Waals surface area contributed by atoms with Crippen molar-refractivity contribution < 1.29 is 0 Å². The predicted molar refractivity (Wildman–Crippen MR) is 72.6 cm³/mol. The molecule has 0 fully saturated rings. The van der Waals surface area contributed by atoms with E-state index in [1.807, 2.05) is 0 Å². The summed E-state index contributed by atoms with van der Waals surface area (Å²) in [5.41, 5.74) is 0. The van der Waals surface area contributed by atoms with Crippen molar-refractivity contribution in [2.45, 2.75) is 82.0 Å². The number of rotatable bonds is 10. The Labute approximate surface area is 112 Å². The van der Waals surface area contributed by atoms with Crippen molar-refractivity contribution in [3.63, 3.8) is 0 Å². The molecule has 0 saturated carbocycles. The van der Waals surface area contributed by atoms with Crippen LogP contribution in [0, 0.1) is 9.35 Å². The first-order valence-electron chi connectivity index (χ1n) is 6.91. The van der Waals surface area contributed by atoms with Crippen LogP contribution in [-0.2, 0) is 0 Å². The van der Waals surface area contributed by atoms with Gasteiger partial charge < -0.3 is 0 Å². The average Bonchev–Trinajstić information content (AvgIpc) is 2.31. The molecule has 0 unspecified atom stereocenters. The van der Waals surface area contributed by atoms with Crippen LogP contribution in [0.2, 0.25) is 3.43 Å². The number of nitrogens with zero attached hydrogens (tertiary/aromatic N) is 1. The summed E-state index contributed by atoms with van der Waals surface area (Å²) in [7, 11) is 0. The van der Waals surface area contributed by atoms with Gasteiger partial charge in [-0.05, 0) is 0 Å². The first kappa shape index (κ1) is 16.3. The predicted octanol–water partition coefficient (Wildman–Crippen LogP) is 4.90. The molecule has 0 N–H and O–H groups in total. The summed E-state index contributed by atoms with van der Waals surface area (Å²) >= 11 is -0.817. The Morgan fingerprint density at radius 3 is 1.50 bits per heavy atom. The molecule has 0 atom stereocenters. The molecular weight excluding hydrogens is 301 g/mol. The summed E-state index contributed by atoms with van der Waals surface area (Å²) in [5.74, 6) is 0. The molecule has 0 bridgehead atoms. The molecule has 0 spiro atoms. The third-order valence-electron chi connectivity index (χ3n) is 3.35. The number of unbranched alkanes of at least 4 members (excludes halogenated alkanes) is 3. The van der Waals surface area contributed by atoms with E-state index in [0.29, 0.717) is 3.43 Å². The SMILES string of the molecule is CCCC[C](CCCC)(CCCC)[Sn][C]#N. The second kappa shape index (κ2) is 10.4. The zero-order chi connectivity index (χ0) is 12.3. The van der Waals surface area contributed by atoms with Crippen LogP contribution in [0.1, 0.15) is 78.6 Å². The molecule has 16 heavy (non-hydrogen) atoms. The molecule has 0 aromatic rings. The Morgan fingerprint density at radius 1 is 0.875 bits per heavy atom. The fourth-order valence-electron chi connectivity index (χ4n) is 2.23. The second-order valence-corrected chi connectivity index (χ2v) is 9.21. The molecule has 92 valence electrons. The van der Waals surface area contributed by atoms with E-state index in [-0.39, 0.29) is 0 Å². The van der Waals surface area contributed by atoms with Gasteiger partial charge in [-0.15, -0.1) is 0 Å². The molecule has 2 radical (unpaired) electrons. The molecule has 2 heteroatoms. The van der Waals surface area contributed by atoms with E-state index < -0.39 is 21.1 Å². The van der Waals surface area contributed by atoms with E-state index in [1.165, 1.54) is 57.8 Å². The van der Waals surface area contributed by atoms with E-state index in [2.05, 4.69) is 24.9 Å². The van der Waals surface area contributed by atoms with Crippen LogP contribution in [0.5, 0.6) is 0 Å². The van der Waals surface area contributed by atoms with Gasteiger partial charge in [0.15, 0.2) is 0 Å². The van der Waals surface area contributed by atoms with E-state index in [4.69, 9.17) is 5.26 Å². The van der Waals surface area contributed by atoms with Crippen LogP contribution in [0.3, 0.4) is 0 Å². The van der Waals surface area contributed by atoms with Crippen molar-refractivity contribution in [1.29, 1.82) is 5.26 Å². The Morgan fingerprint density at radius 2 is 1.25 bits per heavy atom. The van der Waals surface area contributed by atoms with Crippen molar-refractivity contribution in [2.75, 3.05) is 0 Å². The first-order chi connectivity index (χ1) is 7.74. The summed E-state index contributed by atoms with van der Waals surface area (Å²) < 4.78 is 3.12. The van der Waals surface area contributed by atoms with E-state index >= 15 is 0 Å². The van der Waals surface area contributed by atoms with Gasteiger partial charge in [0.05, 0.1) is 0 Å². The average molecular weight is 328 g/mol. The first-order valence-corrected chi connectivity index (χ1v) is 9.76. The van der Waals surface area contributed by atoms with E-state index in [0.717, 1.165) is 0 Å². The molecule has 1 nitrogen and oxygen atoms in total. The monoisotopic (exact) mass is 329 g/mol. The molecule has 0 aliphatic heterocycles. The summed E-state index contributed by atoms with van der Waals surface area (Å²) in [5, 5.41) is 9.13. The van der Waals surface area contributed by atoms with Crippen LogP contribution in [0.25, 0.3) is 0 Å². The third kappa shape index (κ3) is 6.78. The van der Waals surface area contributed by atoms with E-state index in [1.54, 1.807) is 0 Å². The van der Waals surface area contributed by atoms with Crippen LogP contribution >= 0.6 is 0 Å². The van der Waals surface area contributed by atoms with Crippen molar-refractivity contribution in [3.8, 4) is 4.09 Å². The number of hydrogen-bond acceptors (Lipinski definition) is 1. The molecule has 0 aliphatic rings. The van der Waals surface area contributed by atoms with Gasteiger partial charge in [0, 0.05) is 0 Å². The zero-order valence-corrected chi connectivity index (χ0v) is 14.2. The van der Waals surface area contributed by atoms with Gasteiger partial charge in [0.1, 0.15) is 0 Å². The standard InChI is InChI=1S/C13H27.CN.Sn/c1-4-7-10-13(11-8-5-2)12-9-6-3;1-2;/h4-12H2,1-3H3;;. The number of nitriles is 1.